The van der Waals surface area contributed by atoms with Crippen molar-refractivity contribution in [2.24, 2.45) is 28.8 Å². The van der Waals surface area contributed by atoms with Crippen molar-refractivity contribution in [1.29, 1.82) is 0 Å². The number of likely N-dealkylation sites (N-methyl/N-ethyl adjacent to an activating group) is 1. The smallest absolute Gasteiger partial charge is 0.311 e. The van der Waals surface area contributed by atoms with Crippen LogP contribution in [0.15, 0.2) is 5.16 Å². The number of aliphatic hydroxyl groups excluding tert-OH is 1. The number of hydrogen-bond donors (Lipinski definition) is 4. The van der Waals surface area contributed by atoms with Gasteiger partial charge < -0.3 is 62.7 Å². The predicted octanol–water partition coefficient (Wildman–Crippen LogP) is 5.77. The Labute approximate surface area is 363 Å². The van der Waals surface area contributed by atoms with Crippen LogP contribution in [0.3, 0.4) is 0 Å². The molecule has 17 heteroatoms. The third-order valence-electron chi connectivity index (χ3n) is 12.9. The first-order valence-corrected chi connectivity index (χ1v) is 28.9. The van der Waals surface area contributed by atoms with E-state index < -0.39 is 118 Å². The molecule has 0 aromatic rings. The molecule has 0 aliphatic carbocycles. The van der Waals surface area contributed by atoms with Crippen molar-refractivity contribution in [3.8, 4) is 0 Å². The van der Waals surface area contributed by atoms with Crippen LogP contribution in [0.5, 0.6) is 0 Å². The van der Waals surface area contributed by atoms with Gasteiger partial charge in [0, 0.05) is 37.3 Å². The Morgan fingerprint density at radius 1 is 0.850 bits per heavy atom. The molecule has 352 valence electrons. The summed E-state index contributed by atoms with van der Waals surface area (Å²) < 4.78 is 53.0. The highest BCUT2D eigenvalue weighted by molar-refractivity contribution is 6.70. The van der Waals surface area contributed by atoms with Crippen molar-refractivity contribution in [3.63, 3.8) is 0 Å². The highest BCUT2D eigenvalue weighted by atomic mass is 28.4. The molecule has 0 unspecified atom stereocenters. The van der Waals surface area contributed by atoms with Gasteiger partial charge in [-0.1, -0.05) is 32.9 Å². The number of esters is 1. The van der Waals surface area contributed by atoms with Crippen LogP contribution in [0.25, 0.3) is 0 Å². The van der Waals surface area contributed by atoms with Gasteiger partial charge in [0.05, 0.1) is 59.5 Å². The molecule has 0 bridgehead atoms. The minimum Gasteiger partial charge on any atom is -0.459 e. The zero-order chi connectivity index (χ0) is 46.1. The van der Waals surface area contributed by atoms with Gasteiger partial charge in [0.15, 0.2) is 29.2 Å². The van der Waals surface area contributed by atoms with Gasteiger partial charge >= 0.3 is 5.97 Å². The number of hydrogen-bond acceptors (Lipinski definition) is 15. The molecule has 18 atom stereocenters. The second-order valence-corrected chi connectivity index (χ2v) is 29.9. The third-order valence-corrected chi connectivity index (χ3v) is 14.8. The number of carbonyl (C=O) groups excluding carboxylic acids is 1. The third kappa shape index (κ3) is 12.8. The van der Waals surface area contributed by atoms with Crippen LogP contribution >= 0.6 is 0 Å². The summed E-state index contributed by atoms with van der Waals surface area (Å²) >= 11 is 0. The summed E-state index contributed by atoms with van der Waals surface area (Å²) in [6.45, 7) is 30.4. The van der Waals surface area contributed by atoms with Crippen molar-refractivity contribution >= 4 is 28.3 Å². The molecule has 3 aliphatic rings. The molecule has 3 fully saturated rings. The van der Waals surface area contributed by atoms with Crippen molar-refractivity contribution in [2.75, 3.05) is 21.2 Å². The van der Waals surface area contributed by atoms with Crippen LogP contribution in [0.4, 0.5) is 0 Å². The number of ether oxygens (including phenoxy) is 6. The summed E-state index contributed by atoms with van der Waals surface area (Å²) in [4.78, 5) is 16.6. The summed E-state index contributed by atoms with van der Waals surface area (Å²) in [5.74, 6) is -3.98. The average molecular weight is 893 g/mol. The highest BCUT2D eigenvalue weighted by Crippen LogP contribution is 2.42. The quantitative estimate of drug-likeness (QED) is 0.0848. The summed E-state index contributed by atoms with van der Waals surface area (Å²) in [5, 5.41) is 50.5. The van der Waals surface area contributed by atoms with Crippen molar-refractivity contribution < 1.29 is 62.6 Å². The molecule has 15 nitrogen and oxygen atoms in total. The van der Waals surface area contributed by atoms with E-state index >= 15 is 0 Å². The molecule has 60 heavy (non-hydrogen) atoms. The minimum absolute atomic E-state index is 0.00327. The minimum atomic E-state index is -2.20. The van der Waals surface area contributed by atoms with E-state index in [0.29, 0.717) is 6.42 Å². The van der Waals surface area contributed by atoms with E-state index in [1.54, 1.807) is 41.7 Å². The lowest BCUT2D eigenvalue weighted by Crippen LogP contribution is -2.62. The van der Waals surface area contributed by atoms with Gasteiger partial charge in [0.1, 0.15) is 17.8 Å². The molecule has 3 aliphatic heterocycles. The van der Waals surface area contributed by atoms with E-state index in [9.17, 15) is 25.3 Å². The summed E-state index contributed by atoms with van der Waals surface area (Å²) in [6, 6.07) is -0.0755. The topological polar surface area (TPSA) is 187 Å². The molecule has 0 spiro atoms. The number of methoxy groups -OCH3 is 1. The first-order chi connectivity index (χ1) is 27.3. The van der Waals surface area contributed by atoms with Crippen molar-refractivity contribution in [1.82, 2.24) is 4.90 Å². The maximum absolute atomic E-state index is 14.5. The van der Waals surface area contributed by atoms with E-state index in [2.05, 4.69) is 49.3 Å². The fourth-order valence-corrected chi connectivity index (χ4v) is 12.0. The molecule has 0 aromatic heterocycles. The number of aliphatic hydroxyl groups is 3. The largest absolute Gasteiger partial charge is 0.459 e. The monoisotopic (exact) mass is 893 g/mol. The van der Waals surface area contributed by atoms with Gasteiger partial charge in [-0.05, 0) is 114 Å². The lowest BCUT2D eigenvalue weighted by molar-refractivity contribution is -0.315. The molecule has 0 amide bonds. The Bertz CT molecular complexity index is 1420. The van der Waals surface area contributed by atoms with E-state index in [1.807, 2.05) is 41.8 Å². The Morgan fingerprint density at radius 2 is 1.43 bits per heavy atom. The van der Waals surface area contributed by atoms with Crippen LogP contribution in [0.1, 0.15) is 94.9 Å². The van der Waals surface area contributed by atoms with E-state index in [4.69, 9.17) is 37.3 Å². The fraction of sp³-hybridized carbons (Fsp3) is 0.953. The van der Waals surface area contributed by atoms with E-state index in [0.717, 1.165) is 0 Å². The van der Waals surface area contributed by atoms with Crippen LogP contribution in [-0.2, 0) is 42.1 Å². The highest BCUT2D eigenvalue weighted by Gasteiger charge is 2.54. The molecule has 4 N–H and O–H groups in total. The second-order valence-electron chi connectivity index (χ2n) is 21.0. The molecular formula is C43H84N2O13Si2. The van der Waals surface area contributed by atoms with E-state index in [-0.39, 0.29) is 37.1 Å². The number of rotatable bonds is 11. The maximum atomic E-state index is 14.5. The first kappa shape index (κ1) is 53.3. The second kappa shape index (κ2) is 20.4. The Kier molecular flexibility index (Phi) is 18.1. The number of nitrogens with zero attached hydrogens (tertiary/aromatic N) is 2. The summed E-state index contributed by atoms with van der Waals surface area (Å²) in [7, 11) is 1.40. The molecule has 0 radical (unpaired) electrons. The fourth-order valence-electron chi connectivity index (χ4n) is 9.72. The molecule has 3 rings (SSSR count). The normalized spacial score (nSPS) is 45.4. The lowest BCUT2D eigenvalue weighted by atomic mass is 9.73. The first-order valence-electron chi connectivity index (χ1n) is 22.1. The van der Waals surface area contributed by atoms with E-state index in [1.165, 1.54) is 6.92 Å². The van der Waals surface area contributed by atoms with Gasteiger partial charge in [0.25, 0.3) is 0 Å². The zero-order valence-electron chi connectivity index (χ0n) is 40.3. The van der Waals surface area contributed by atoms with Crippen LogP contribution in [0.2, 0.25) is 39.3 Å². The maximum Gasteiger partial charge on any atom is 0.311 e. The van der Waals surface area contributed by atoms with Crippen LogP contribution < -0.4 is 0 Å². The molecule has 3 saturated heterocycles. The number of oxime groups is 1. The average Bonchev–Trinajstić information content (AvgIpc) is 3.11. The van der Waals surface area contributed by atoms with Gasteiger partial charge in [-0.3, -0.25) is 4.79 Å². The molecule has 3 heterocycles. The SMILES string of the molecule is CC[C@H]1OC(=O)[C@H](C)[C@@H](O[C@H]2C[C@@](C)(OC)[C@@H](O[Si](C)(C)C)[C@H](C)O2)[C@H](C)[C@@H](O[C@@H]2O[C@H](C)C[C@H](N(C)C)[C@H]2O[Si](C)(C)C)[C@](C)(O)C[C@H](C)/C(=N\O)[C@H](C)[C@@H](O)[C@]1(C)O. The lowest BCUT2D eigenvalue weighted by Gasteiger charge is -2.51. The Balaban J connectivity index is 2.28. The van der Waals surface area contributed by atoms with Gasteiger partial charge in [-0.15, -0.1) is 0 Å². The van der Waals surface area contributed by atoms with Crippen molar-refractivity contribution in [2.45, 2.75) is 218 Å². The standard InChI is InChI=1S/C43H84N2O13Si2/c1-20-31-43(10,49)36(46)26(4)33(44-50)24(2)22-41(8,48)37(56-40-35(57-59(14,15)16)30(45(11)12)21-25(3)52-40)27(5)34(28(6)39(47)54-31)55-32-23-42(9,51-13)38(29(7)53-32)58-60(17,18)19/h24-32,34-38,40,46,48-50H,20-23H2,1-19H3/b44-33+/t24-,25+,26-,27-,28+,29-,30-,31+,32-,34-,35+,36+,37+,38-,40-,41+,42+,43+/m0/s1. The predicted molar refractivity (Wildman–Crippen MR) is 235 cm³/mol. The Hall–Kier alpha value is -1.07. The van der Waals surface area contributed by atoms with Gasteiger partial charge in [-0.25, -0.2) is 0 Å². The van der Waals surface area contributed by atoms with Crippen molar-refractivity contribution in [3.05, 3.63) is 0 Å². The number of carbonyl (C=O) groups is 1. The van der Waals surface area contributed by atoms with Crippen LogP contribution in [-0.4, -0.2) is 159 Å². The number of cyclic esters (lactones) is 1. The summed E-state index contributed by atoms with van der Waals surface area (Å²) in [5.41, 5.74) is -4.32. The molecule has 0 aromatic carbocycles. The summed E-state index contributed by atoms with van der Waals surface area (Å²) in [6.07, 6.45) is -7.03. The van der Waals surface area contributed by atoms with Crippen LogP contribution in [0, 0.1) is 23.7 Å². The molecule has 0 saturated carbocycles. The zero-order valence-corrected chi connectivity index (χ0v) is 42.3. The molecular weight excluding hydrogens is 809 g/mol. The van der Waals surface area contributed by atoms with Gasteiger partial charge in [0.2, 0.25) is 0 Å². The van der Waals surface area contributed by atoms with Gasteiger partial charge in [-0.2, -0.15) is 0 Å². The Morgan fingerprint density at radius 3 is 1.93 bits per heavy atom.